The molecule has 0 amide bonds. The quantitative estimate of drug-likeness (QED) is 0.160. The van der Waals surface area contributed by atoms with Gasteiger partial charge in [-0.05, 0) is 0 Å². The molecule has 0 aliphatic heterocycles. The molecule has 0 aromatic heterocycles. The Morgan fingerprint density at radius 2 is 0.141 bits per heavy atom. The SMILES string of the molecule is O=P([O-])([O-])[O-].O=P([O-])([O-])[O-].O=P([O-])([O-])[O-].O=P([O-])([O-])[O-].O=P([O-])([O-])[O-].O=P([O-])([O-])[O-].O=P([O-])([O-])[O-].O=P([O-])([O-])[O-].O=P([O-])([O-])[O-].O=P([O-])([O-])[O-].O=P([O-])([O-])[O-].[Al+3].[Al+3].[Al+3].[Mo].[Mo].[Mo].[Zn+2].[Zn+2].[Zn+2]. The molecule has 0 rings (SSSR count). The molecule has 0 fully saturated rings. The summed E-state index contributed by atoms with van der Waals surface area (Å²) in [6.07, 6.45) is 0. The van der Waals surface area contributed by atoms with Crippen LogP contribution in [0.2, 0.25) is 0 Å². The van der Waals surface area contributed by atoms with Crippen molar-refractivity contribution in [1.82, 2.24) is 0 Å². The molecule has 64 heavy (non-hydrogen) atoms. The number of rotatable bonds is 0. The standard InChI is InChI=1S/3Al.3Mo.11H3O4P.3Zn/c;;;;;;11*1-5(2,3)4;;;/h;;;;;;11*(H3,1,2,3,4);;;/q3*+3;;;;;;;;;;;;;;;3*+2/p-33. The van der Waals surface area contributed by atoms with Crippen LogP contribution in [0.5, 0.6) is 0 Å². The van der Waals surface area contributed by atoms with Crippen molar-refractivity contribution in [2.75, 3.05) is 0 Å². The molecule has 0 bridgehead atoms. The fraction of sp³-hybridized carbons (Fsp3) is 0. The van der Waals surface area contributed by atoms with Crippen molar-refractivity contribution in [3.63, 3.8) is 0 Å². The summed E-state index contributed by atoms with van der Waals surface area (Å²) in [5.41, 5.74) is 0. The maximum absolute atomic E-state index is 8.55. The van der Waals surface area contributed by atoms with Crippen molar-refractivity contribution in [3.05, 3.63) is 0 Å². The van der Waals surface area contributed by atoms with Gasteiger partial charge >= 0.3 is 111 Å². The largest absolute Gasteiger partial charge is 3.00 e. The molecule has 0 aromatic carbocycles. The second kappa shape index (κ2) is 62.3. The van der Waals surface area contributed by atoms with Gasteiger partial charge in [-0.25, -0.2) is 0 Å². The Balaban J connectivity index is -0.0000000182. The maximum Gasteiger partial charge on any atom is 3.00 e. The van der Waals surface area contributed by atoms with Gasteiger partial charge in [0.1, 0.15) is 0 Å². The van der Waals surface area contributed by atoms with Crippen LogP contribution in [0.4, 0.5) is 0 Å². The summed E-state index contributed by atoms with van der Waals surface area (Å²) in [5, 5.41) is 0. The summed E-state index contributed by atoms with van der Waals surface area (Å²) in [6, 6.07) is 0. The zero-order chi connectivity index (χ0) is 49.5. The van der Waals surface area contributed by atoms with Gasteiger partial charge in [0.15, 0.2) is 0 Å². The van der Waals surface area contributed by atoms with Gasteiger partial charge in [0.05, 0.1) is 0 Å². The normalized spacial score (nSPS) is 10.1. The van der Waals surface area contributed by atoms with Crippen LogP contribution in [0.15, 0.2) is 0 Å². The molecule has 0 spiro atoms. The van der Waals surface area contributed by atoms with Gasteiger partial charge in [0.2, 0.25) is 0 Å². The van der Waals surface area contributed by atoms with Crippen LogP contribution in [0.1, 0.15) is 0 Å². The third-order valence-corrected chi connectivity index (χ3v) is 0. The third kappa shape index (κ3) is 6940. The Kier molecular flexibility index (Phi) is 130. The van der Waals surface area contributed by atoms with Crippen molar-refractivity contribution in [2.24, 2.45) is 0 Å². The number of hydrogen-bond donors (Lipinski definition) is 0. The van der Waals surface area contributed by atoms with E-state index in [1.54, 1.807) is 0 Å². The molecule has 0 saturated heterocycles. The average molecular weight is 1610 g/mol. The monoisotopic (exact) mass is 1610 g/mol. The van der Waals surface area contributed by atoms with Crippen LogP contribution in [-0.4, -0.2) is 52.1 Å². The predicted octanol–water partition coefficient (Wildman–Crippen LogP) is -32.2. The van der Waals surface area contributed by atoms with Crippen LogP contribution in [0.3, 0.4) is 0 Å². The summed E-state index contributed by atoms with van der Waals surface area (Å²) in [6.45, 7) is 0. The number of hydrogen-bond acceptors (Lipinski definition) is 44. The van der Waals surface area contributed by atoms with E-state index >= 15 is 0 Å². The van der Waals surface area contributed by atoms with Crippen LogP contribution in [0.25, 0.3) is 0 Å². The van der Waals surface area contributed by atoms with Gasteiger partial charge in [0, 0.05) is 63.2 Å². The molecular weight excluding hydrogens is 1610 g/mol. The van der Waals surface area contributed by atoms with Crippen molar-refractivity contribution >= 4 is 138 Å². The van der Waals surface area contributed by atoms with Gasteiger partial charge in [-0.1, -0.05) is 0 Å². The molecular formula is Al3Mo3O44P11Zn3-18. The van der Waals surface area contributed by atoms with Gasteiger partial charge in [-0.3, -0.25) is 0 Å². The third-order valence-electron chi connectivity index (χ3n) is 0. The predicted molar refractivity (Wildman–Crippen MR) is 101 cm³/mol. The van der Waals surface area contributed by atoms with E-state index in [4.69, 9.17) is 212 Å². The van der Waals surface area contributed by atoms with Gasteiger partial charge in [-0.15, -0.1) is 0 Å². The van der Waals surface area contributed by atoms with Crippen LogP contribution in [-0.2, 0) is 172 Å². The minimum absolute atomic E-state index is 0. The fourth-order valence-corrected chi connectivity index (χ4v) is 0. The summed E-state index contributed by atoms with van der Waals surface area (Å²) in [5.74, 6) is 0. The number of phosphoric acid groups is 11. The first-order chi connectivity index (χ1) is 22.0. The zero-order valence-corrected chi connectivity index (χ0v) is 56.2. The second-order valence-electron chi connectivity index (χ2n) is 4.92. The van der Waals surface area contributed by atoms with E-state index in [0.29, 0.717) is 0 Å². The Bertz CT molecular complexity index is 980. The zero-order valence-electron chi connectivity index (χ0n) is 28.0. The van der Waals surface area contributed by atoms with E-state index in [1.165, 1.54) is 0 Å². The molecule has 0 aliphatic carbocycles. The molecule has 0 heterocycles. The smallest absolute Gasteiger partial charge is 0.822 e. The molecule has 0 N–H and O–H groups in total. The van der Waals surface area contributed by atoms with E-state index in [-0.39, 0.29) is 174 Å². The Hall–Kier alpha value is 6.74. The van der Waals surface area contributed by atoms with Gasteiger partial charge < -0.3 is 212 Å². The average Bonchev–Trinajstić information content (AvgIpc) is 2.41. The van der Waals surface area contributed by atoms with Crippen LogP contribution >= 0.6 is 86.0 Å². The van der Waals surface area contributed by atoms with Crippen molar-refractivity contribution in [3.8, 4) is 0 Å². The summed E-state index contributed by atoms with van der Waals surface area (Å²) >= 11 is 0. The molecule has 0 saturated carbocycles. The second-order valence-corrected chi connectivity index (χ2v) is 14.8. The summed E-state index contributed by atoms with van der Waals surface area (Å²) in [4.78, 5) is 282. The van der Waals surface area contributed by atoms with E-state index in [1.807, 2.05) is 0 Å². The first-order valence-corrected chi connectivity index (χ1v) is 24.1. The van der Waals surface area contributed by atoms with E-state index in [9.17, 15) is 0 Å². The first kappa shape index (κ1) is 134. The molecule has 370 valence electrons. The topological polar surface area (TPSA) is 949 Å². The molecule has 64 heteroatoms. The van der Waals surface area contributed by atoms with Crippen molar-refractivity contribution < 1.29 is 333 Å². The van der Waals surface area contributed by atoms with Crippen LogP contribution in [0, 0.1) is 0 Å². The molecule has 44 nitrogen and oxygen atoms in total. The fourth-order valence-electron chi connectivity index (χ4n) is 0. The van der Waals surface area contributed by atoms with E-state index < -0.39 is 86.0 Å². The minimum atomic E-state index is -5.39. The maximum atomic E-state index is 8.55. The van der Waals surface area contributed by atoms with E-state index in [2.05, 4.69) is 0 Å². The molecule has 0 aromatic rings. The minimum Gasteiger partial charge on any atom is -0.822 e. The molecule has 0 radical (unpaired) electrons. The molecule has 0 atom stereocenters. The Morgan fingerprint density at radius 3 is 0.141 bits per heavy atom. The van der Waals surface area contributed by atoms with Crippen molar-refractivity contribution in [2.45, 2.75) is 0 Å². The van der Waals surface area contributed by atoms with Gasteiger partial charge in [-0.2, -0.15) is 86.0 Å². The van der Waals surface area contributed by atoms with Crippen LogP contribution < -0.4 is 161 Å². The Labute approximate surface area is 466 Å². The molecule has 0 aliphatic rings. The summed E-state index contributed by atoms with van der Waals surface area (Å²) < 4.78 is 94.0. The van der Waals surface area contributed by atoms with Crippen molar-refractivity contribution in [1.29, 1.82) is 0 Å². The molecule has 0 unspecified atom stereocenters. The first-order valence-electron chi connectivity index (χ1n) is 8.03. The summed E-state index contributed by atoms with van der Waals surface area (Å²) in [7, 11) is -59.3. The van der Waals surface area contributed by atoms with Gasteiger partial charge in [0.25, 0.3) is 0 Å². The Morgan fingerprint density at radius 1 is 0.141 bits per heavy atom. The van der Waals surface area contributed by atoms with E-state index in [0.717, 1.165) is 0 Å².